The van der Waals surface area contributed by atoms with E-state index in [9.17, 15) is 9.59 Å². The summed E-state index contributed by atoms with van der Waals surface area (Å²) in [6.07, 6.45) is 2.90. The molecule has 2 aromatic carbocycles. The van der Waals surface area contributed by atoms with Gasteiger partial charge in [0.25, 0.3) is 0 Å². The number of likely N-dealkylation sites (tertiary alicyclic amines) is 1. The van der Waals surface area contributed by atoms with Crippen LogP contribution >= 0.6 is 0 Å². The number of piperidine rings is 1. The van der Waals surface area contributed by atoms with E-state index in [-0.39, 0.29) is 6.04 Å². The van der Waals surface area contributed by atoms with Crippen molar-refractivity contribution in [2.24, 2.45) is 5.92 Å². The monoisotopic (exact) mass is 380 g/mol. The van der Waals surface area contributed by atoms with Crippen LogP contribution in [0.2, 0.25) is 0 Å². The van der Waals surface area contributed by atoms with Crippen molar-refractivity contribution in [1.29, 1.82) is 0 Å². The van der Waals surface area contributed by atoms with E-state index >= 15 is 0 Å². The number of carbonyl (C=O) groups is 2. The third-order valence-corrected chi connectivity index (χ3v) is 5.43. The zero-order valence-electron chi connectivity index (χ0n) is 16.6. The molecule has 5 nitrogen and oxygen atoms in total. The highest BCUT2D eigenvalue weighted by Crippen LogP contribution is 2.22. The smallest absolute Gasteiger partial charge is 0.311 e. The van der Waals surface area contributed by atoms with Gasteiger partial charge >= 0.3 is 11.8 Å². The Balaban J connectivity index is 1.48. The van der Waals surface area contributed by atoms with Crippen LogP contribution in [0.1, 0.15) is 36.9 Å². The van der Waals surface area contributed by atoms with Crippen LogP contribution in [-0.2, 0) is 16.0 Å². The Kier molecular flexibility index (Phi) is 6.69. The van der Waals surface area contributed by atoms with Gasteiger partial charge in [0.2, 0.25) is 0 Å². The minimum atomic E-state index is -0.537. The van der Waals surface area contributed by atoms with Crippen LogP contribution in [0.5, 0.6) is 5.75 Å². The van der Waals surface area contributed by atoms with Crippen molar-refractivity contribution in [3.63, 3.8) is 0 Å². The minimum absolute atomic E-state index is 0.238. The topological polar surface area (TPSA) is 58.6 Å². The predicted octanol–water partition coefficient (Wildman–Crippen LogP) is 3.35. The van der Waals surface area contributed by atoms with E-state index < -0.39 is 11.8 Å². The Morgan fingerprint density at radius 1 is 1.07 bits per heavy atom. The zero-order valence-corrected chi connectivity index (χ0v) is 16.6. The molecule has 5 heteroatoms. The van der Waals surface area contributed by atoms with Gasteiger partial charge in [0.05, 0.1) is 13.2 Å². The second-order valence-corrected chi connectivity index (χ2v) is 7.39. The fourth-order valence-electron chi connectivity index (χ4n) is 3.67. The van der Waals surface area contributed by atoms with E-state index in [4.69, 9.17) is 4.74 Å². The van der Waals surface area contributed by atoms with Gasteiger partial charge in [0.15, 0.2) is 0 Å². The van der Waals surface area contributed by atoms with Crippen molar-refractivity contribution in [3.8, 4) is 5.75 Å². The molecule has 1 unspecified atom stereocenters. The SMILES string of the molecule is COc1ccc(C(C)NC(=O)C(=O)N2CCC(Cc3ccccc3)CC2)cc1. The number of amides is 2. The van der Waals surface area contributed by atoms with E-state index in [2.05, 4.69) is 29.6 Å². The fourth-order valence-corrected chi connectivity index (χ4v) is 3.67. The lowest BCUT2D eigenvalue weighted by atomic mass is 9.90. The molecule has 1 saturated heterocycles. The van der Waals surface area contributed by atoms with Gasteiger partial charge in [-0.1, -0.05) is 42.5 Å². The van der Waals surface area contributed by atoms with Crippen molar-refractivity contribution in [3.05, 3.63) is 65.7 Å². The average Bonchev–Trinajstić information content (AvgIpc) is 2.74. The maximum atomic E-state index is 12.5. The summed E-state index contributed by atoms with van der Waals surface area (Å²) >= 11 is 0. The van der Waals surface area contributed by atoms with Crippen LogP contribution in [0.4, 0.5) is 0 Å². The van der Waals surface area contributed by atoms with Gasteiger partial charge in [0.1, 0.15) is 5.75 Å². The molecule has 0 aromatic heterocycles. The van der Waals surface area contributed by atoms with Crippen molar-refractivity contribution >= 4 is 11.8 Å². The Bertz CT molecular complexity index is 781. The Morgan fingerprint density at radius 3 is 2.32 bits per heavy atom. The van der Waals surface area contributed by atoms with Crippen LogP contribution in [-0.4, -0.2) is 36.9 Å². The number of benzene rings is 2. The molecule has 1 aliphatic rings. The molecule has 1 fully saturated rings. The number of carbonyl (C=O) groups excluding carboxylic acids is 2. The third-order valence-electron chi connectivity index (χ3n) is 5.43. The largest absolute Gasteiger partial charge is 0.497 e. The van der Waals surface area contributed by atoms with Crippen molar-refractivity contribution in [1.82, 2.24) is 10.2 Å². The zero-order chi connectivity index (χ0) is 19.9. The lowest BCUT2D eigenvalue weighted by Crippen LogP contribution is -2.47. The van der Waals surface area contributed by atoms with Gasteiger partial charge in [-0.3, -0.25) is 9.59 Å². The van der Waals surface area contributed by atoms with Crippen LogP contribution in [0, 0.1) is 5.92 Å². The van der Waals surface area contributed by atoms with Gasteiger partial charge in [-0.2, -0.15) is 0 Å². The summed E-state index contributed by atoms with van der Waals surface area (Å²) in [6.45, 7) is 3.15. The summed E-state index contributed by atoms with van der Waals surface area (Å²) in [7, 11) is 1.61. The molecule has 2 aromatic rings. The predicted molar refractivity (Wildman–Crippen MR) is 109 cm³/mol. The van der Waals surface area contributed by atoms with Crippen molar-refractivity contribution in [2.45, 2.75) is 32.2 Å². The lowest BCUT2D eigenvalue weighted by molar-refractivity contribution is -0.147. The van der Waals surface area contributed by atoms with Gasteiger partial charge in [0, 0.05) is 13.1 Å². The summed E-state index contributed by atoms with van der Waals surface area (Å²) in [5, 5.41) is 2.81. The molecule has 0 saturated carbocycles. The first-order valence-corrected chi connectivity index (χ1v) is 9.84. The summed E-state index contributed by atoms with van der Waals surface area (Å²) < 4.78 is 5.15. The molecule has 1 aliphatic heterocycles. The number of ether oxygens (including phenoxy) is 1. The molecular formula is C23H28N2O3. The number of rotatable bonds is 5. The lowest BCUT2D eigenvalue weighted by Gasteiger charge is -2.32. The molecule has 28 heavy (non-hydrogen) atoms. The number of nitrogens with zero attached hydrogens (tertiary/aromatic N) is 1. The summed E-state index contributed by atoms with van der Waals surface area (Å²) in [5.41, 5.74) is 2.27. The molecule has 1 atom stereocenters. The minimum Gasteiger partial charge on any atom is -0.497 e. The Morgan fingerprint density at radius 2 is 1.71 bits per heavy atom. The van der Waals surface area contributed by atoms with E-state index in [1.54, 1.807) is 12.0 Å². The Hall–Kier alpha value is -2.82. The second kappa shape index (κ2) is 9.40. The van der Waals surface area contributed by atoms with Gasteiger partial charge in [-0.25, -0.2) is 0 Å². The number of methoxy groups -OCH3 is 1. The molecule has 3 rings (SSSR count). The number of nitrogens with one attached hydrogen (secondary N) is 1. The molecule has 1 N–H and O–H groups in total. The van der Waals surface area contributed by atoms with Crippen LogP contribution in [0.25, 0.3) is 0 Å². The highest BCUT2D eigenvalue weighted by atomic mass is 16.5. The molecule has 2 amide bonds. The van der Waals surface area contributed by atoms with E-state index in [0.717, 1.165) is 30.6 Å². The third kappa shape index (κ3) is 5.12. The van der Waals surface area contributed by atoms with E-state index in [1.807, 2.05) is 37.3 Å². The standard InChI is InChI=1S/C23H28N2O3/c1-17(20-8-10-21(28-2)11-9-20)24-22(26)23(27)25-14-12-19(13-15-25)16-18-6-4-3-5-7-18/h3-11,17,19H,12-16H2,1-2H3,(H,24,26). The van der Waals surface area contributed by atoms with E-state index in [0.29, 0.717) is 19.0 Å². The molecular weight excluding hydrogens is 352 g/mol. The second-order valence-electron chi connectivity index (χ2n) is 7.39. The maximum absolute atomic E-state index is 12.5. The first-order chi connectivity index (χ1) is 13.6. The first-order valence-electron chi connectivity index (χ1n) is 9.84. The number of hydrogen-bond acceptors (Lipinski definition) is 3. The average molecular weight is 380 g/mol. The molecule has 148 valence electrons. The van der Waals surface area contributed by atoms with Gasteiger partial charge in [-0.05, 0) is 55.4 Å². The van der Waals surface area contributed by atoms with Crippen molar-refractivity contribution < 1.29 is 14.3 Å². The molecule has 0 radical (unpaired) electrons. The highest BCUT2D eigenvalue weighted by Gasteiger charge is 2.27. The molecule has 0 spiro atoms. The van der Waals surface area contributed by atoms with Gasteiger partial charge < -0.3 is 15.0 Å². The molecule has 1 heterocycles. The van der Waals surface area contributed by atoms with E-state index in [1.165, 1.54) is 5.56 Å². The normalized spacial score (nSPS) is 15.7. The first kappa shape index (κ1) is 19.9. The van der Waals surface area contributed by atoms with Crippen LogP contribution in [0.3, 0.4) is 0 Å². The van der Waals surface area contributed by atoms with Crippen molar-refractivity contribution in [2.75, 3.05) is 20.2 Å². The fraction of sp³-hybridized carbons (Fsp3) is 0.391. The van der Waals surface area contributed by atoms with Crippen LogP contribution < -0.4 is 10.1 Å². The molecule has 0 aliphatic carbocycles. The maximum Gasteiger partial charge on any atom is 0.311 e. The summed E-state index contributed by atoms with van der Waals surface area (Å²) in [5.74, 6) is 0.354. The quantitative estimate of drug-likeness (QED) is 0.810. The Labute approximate surface area is 166 Å². The summed E-state index contributed by atoms with van der Waals surface area (Å²) in [4.78, 5) is 26.6. The van der Waals surface area contributed by atoms with Gasteiger partial charge in [-0.15, -0.1) is 0 Å². The van der Waals surface area contributed by atoms with Crippen LogP contribution in [0.15, 0.2) is 54.6 Å². The molecule has 0 bridgehead atoms. The highest BCUT2D eigenvalue weighted by molar-refractivity contribution is 6.35. The number of hydrogen-bond donors (Lipinski definition) is 1. The summed E-state index contributed by atoms with van der Waals surface area (Å²) in [6, 6.07) is 17.7.